The van der Waals surface area contributed by atoms with Crippen molar-refractivity contribution >= 4 is 29.3 Å². The monoisotopic (exact) mass is 297 g/mol. The van der Waals surface area contributed by atoms with E-state index in [0.717, 1.165) is 5.56 Å². The number of amides is 1. The fraction of sp³-hybridized carbons (Fsp3) is 0.429. The Morgan fingerprint density at radius 2 is 2.10 bits per heavy atom. The van der Waals surface area contributed by atoms with E-state index in [-0.39, 0.29) is 11.7 Å². The normalized spacial score (nSPS) is 11.2. The molecule has 1 rings (SSSR count). The van der Waals surface area contributed by atoms with Gasteiger partial charge in [-0.1, -0.05) is 12.1 Å². The second kappa shape index (κ2) is 7.31. The molecule has 20 heavy (non-hydrogen) atoms. The van der Waals surface area contributed by atoms with E-state index in [1.165, 1.54) is 18.9 Å². The molecule has 0 aliphatic rings. The number of hydrogen-bond acceptors (Lipinski definition) is 4. The van der Waals surface area contributed by atoms with Gasteiger partial charge in [0.1, 0.15) is 5.60 Å². The molecule has 1 aromatic rings. The zero-order chi connectivity index (χ0) is 15.2. The molecule has 1 aromatic carbocycles. The highest BCUT2D eigenvalue weighted by atomic mass is 32.2. The molecule has 2 N–H and O–H groups in total. The fourth-order valence-electron chi connectivity index (χ4n) is 1.37. The zero-order valence-corrected chi connectivity index (χ0v) is 12.6. The summed E-state index contributed by atoms with van der Waals surface area (Å²) in [7, 11) is 1.48. The van der Waals surface area contributed by atoms with Crippen molar-refractivity contribution in [3.05, 3.63) is 29.8 Å². The molecular weight excluding hydrogens is 278 g/mol. The lowest BCUT2D eigenvalue weighted by molar-refractivity contribution is -0.134. The van der Waals surface area contributed by atoms with Crippen molar-refractivity contribution in [3.8, 4) is 0 Å². The maximum atomic E-state index is 12.0. The van der Waals surface area contributed by atoms with Crippen molar-refractivity contribution in [3.63, 3.8) is 0 Å². The topological polar surface area (TPSA) is 75.6 Å². The second-order valence-corrected chi connectivity index (χ2v) is 5.74. The molecule has 0 aromatic heterocycles. The molecule has 0 saturated carbocycles. The molecule has 0 saturated heterocycles. The zero-order valence-electron chi connectivity index (χ0n) is 11.8. The van der Waals surface area contributed by atoms with Gasteiger partial charge in [0, 0.05) is 18.6 Å². The van der Waals surface area contributed by atoms with E-state index in [4.69, 9.17) is 9.84 Å². The number of thioether (sulfide) groups is 1. The number of hydrogen-bond donors (Lipinski definition) is 2. The minimum atomic E-state index is -0.895. The molecule has 110 valence electrons. The smallest absolute Gasteiger partial charge is 0.313 e. The van der Waals surface area contributed by atoms with Crippen LogP contribution in [0.3, 0.4) is 0 Å². The van der Waals surface area contributed by atoms with E-state index >= 15 is 0 Å². The van der Waals surface area contributed by atoms with Gasteiger partial charge in [0.15, 0.2) is 0 Å². The molecule has 1 amide bonds. The van der Waals surface area contributed by atoms with Crippen LogP contribution >= 0.6 is 11.8 Å². The lowest BCUT2D eigenvalue weighted by Gasteiger charge is -2.21. The van der Waals surface area contributed by atoms with Gasteiger partial charge in [-0.25, -0.2) is 0 Å². The van der Waals surface area contributed by atoms with Gasteiger partial charge >= 0.3 is 5.97 Å². The molecule has 0 heterocycles. The summed E-state index contributed by atoms with van der Waals surface area (Å²) in [5.41, 5.74) is 0.742. The maximum absolute atomic E-state index is 12.0. The predicted octanol–water partition coefficient (Wildman–Crippen LogP) is 2.37. The highest BCUT2D eigenvalue weighted by molar-refractivity contribution is 7.99. The number of anilines is 1. The molecule has 0 aliphatic heterocycles. The van der Waals surface area contributed by atoms with Gasteiger partial charge < -0.3 is 15.2 Å². The Labute approximate surface area is 122 Å². The van der Waals surface area contributed by atoms with Crippen molar-refractivity contribution in [2.45, 2.75) is 25.2 Å². The fourth-order valence-corrected chi connectivity index (χ4v) is 2.06. The minimum Gasteiger partial charge on any atom is -0.481 e. The summed E-state index contributed by atoms with van der Waals surface area (Å²) in [6.45, 7) is 3.38. The van der Waals surface area contributed by atoms with E-state index in [9.17, 15) is 9.59 Å². The van der Waals surface area contributed by atoms with Crippen LogP contribution in [0.25, 0.3) is 0 Å². The lowest BCUT2D eigenvalue weighted by atomic mass is 10.1. The summed E-state index contributed by atoms with van der Waals surface area (Å²) in [5.74, 6) is -0.409. The number of ether oxygens (including phenoxy) is 1. The van der Waals surface area contributed by atoms with E-state index in [1.54, 1.807) is 19.9 Å². The Morgan fingerprint density at radius 1 is 1.40 bits per heavy atom. The summed E-state index contributed by atoms with van der Waals surface area (Å²) in [4.78, 5) is 22.4. The van der Waals surface area contributed by atoms with Crippen LogP contribution in [0.2, 0.25) is 0 Å². The molecule has 0 atom stereocenters. The predicted molar refractivity (Wildman–Crippen MR) is 80.0 cm³/mol. The maximum Gasteiger partial charge on any atom is 0.313 e. The number of carbonyl (C=O) groups excluding carboxylic acids is 1. The Morgan fingerprint density at radius 3 is 2.70 bits per heavy atom. The van der Waals surface area contributed by atoms with Gasteiger partial charge in [-0.3, -0.25) is 9.59 Å². The Kier molecular flexibility index (Phi) is 6.04. The number of nitrogens with one attached hydrogen (secondary N) is 1. The molecule has 6 heteroatoms. The first kappa shape index (κ1) is 16.5. The van der Waals surface area contributed by atoms with Gasteiger partial charge in [0.2, 0.25) is 0 Å². The third-order valence-electron chi connectivity index (χ3n) is 2.74. The van der Waals surface area contributed by atoms with Gasteiger partial charge in [-0.2, -0.15) is 0 Å². The first-order valence-electron chi connectivity index (χ1n) is 6.10. The van der Waals surface area contributed by atoms with Crippen LogP contribution in [0.15, 0.2) is 24.3 Å². The van der Waals surface area contributed by atoms with E-state index in [0.29, 0.717) is 11.4 Å². The molecule has 5 nitrogen and oxygen atoms in total. The first-order valence-corrected chi connectivity index (χ1v) is 7.25. The number of benzene rings is 1. The van der Waals surface area contributed by atoms with Crippen LogP contribution in [0, 0.1) is 0 Å². The number of aliphatic carboxylic acids is 1. The minimum absolute atomic E-state index is 0.0628. The molecule has 0 fully saturated rings. The quantitative estimate of drug-likeness (QED) is 0.808. The molecule has 0 unspecified atom stereocenters. The number of rotatable bonds is 7. The van der Waals surface area contributed by atoms with Crippen LogP contribution in [0.5, 0.6) is 0 Å². The van der Waals surface area contributed by atoms with Gasteiger partial charge in [-0.05, 0) is 31.5 Å². The van der Waals surface area contributed by atoms with Gasteiger partial charge in [-0.15, -0.1) is 11.8 Å². The van der Waals surface area contributed by atoms with E-state index in [2.05, 4.69) is 5.32 Å². The summed E-state index contributed by atoms with van der Waals surface area (Å²) in [6.07, 6.45) is 0. The van der Waals surface area contributed by atoms with E-state index in [1.807, 2.05) is 18.2 Å². The highest BCUT2D eigenvalue weighted by Crippen LogP contribution is 2.18. The van der Waals surface area contributed by atoms with Crippen molar-refractivity contribution < 1.29 is 19.4 Å². The Bertz CT molecular complexity index is 488. The lowest BCUT2D eigenvalue weighted by Crippen LogP contribution is -2.38. The van der Waals surface area contributed by atoms with E-state index < -0.39 is 11.6 Å². The molecule has 0 radical (unpaired) electrons. The van der Waals surface area contributed by atoms with Gasteiger partial charge in [0.25, 0.3) is 5.91 Å². The summed E-state index contributed by atoms with van der Waals surface area (Å²) in [6, 6.07) is 7.34. The van der Waals surface area contributed by atoms with Crippen LogP contribution in [0.1, 0.15) is 19.4 Å². The molecular formula is C14H19NO4S. The number of carboxylic acid groups (broad SMARTS) is 1. The molecule has 0 bridgehead atoms. The van der Waals surface area contributed by atoms with Crippen LogP contribution in [-0.4, -0.2) is 35.4 Å². The largest absolute Gasteiger partial charge is 0.481 e. The third-order valence-corrected chi connectivity index (χ3v) is 3.72. The van der Waals surface area contributed by atoms with Crippen molar-refractivity contribution in [2.24, 2.45) is 0 Å². The van der Waals surface area contributed by atoms with Crippen molar-refractivity contribution in [1.82, 2.24) is 0 Å². The average molecular weight is 297 g/mol. The number of carboxylic acids is 1. The van der Waals surface area contributed by atoms with Crippen LogP contribution in [0.4, 0.5) is 5.69 Å². The molecule has 0 aliphatic carbocycles. The summed E-state index contributed by atoms with van der Waals surface area (Å²) >= 11 is 1.32. The highest BCUT2D eigenvalue weighted by Gasteiger charge is 2.26. The van der Waals surface area contributed by atoms with Crippen LogP contribution < -0.4 is 5.32 Å². The number of methoxy groups -OCH3 is 1. The van der Waals surface area contributed by atoms with Crippen LogP contribution in [-0.2, 0) is 20.1 Å². The average Bonchev–Trinajstić information content (AvgIpc) is 2.38. The van der Waals surface area contributed by atoms with Crippen molar-refractivity contribution in [2.75, 3.05) is 18.2 Å². The first-order chi connectivity index (χ1) is 9.35. The SMILES string of the molecule is COC(C)(C)C(=O)Nc1cccc(CSCC(=O)O)c1. The van der Waals surface area contributed by atoms with Gasteiger partial charge in [0.05, 0.1) is 5.75 Å². The Balaban J connectivity index is 2.64. The van der Waals surface area contributed by atoms with Crippen molar-refractivity contribution in [1.29, 1.82) is 0 Å². The standard InChI is InChI=1S/C14H19NO4S/c1-14(2,19-3)13(18)15-11-6-4-5-10(7-11)8-20-9-12(16)17/h4-7H,8-9H2,1-3H3,(H,15,18)(H,16,17). The third kappa shape index (κ3) is 5.22. The summed E-state index contributed by atoms with van der Waals surface area (Å²) in [5, 5.41) is 11.4. The number of carbonyl (C=O) groups is 2. The molecule has 0 spiro atoms. The second-order valence-electron chi connectivity index (χ2n) is 4.76. The Hall–Kier alpha value is -1.53. The summed E-state index contributed by atoms with van der Waals surface area (Å²) < 4.78 is 5.11.